The van der Waals surface area contributed by atoms with Crippen molar-refractivity contribution < 1.29 is 19.7 Å². The number of hydrogen-bond donors (Lipinski definition) is 2. The molecule has 0 spiro atoms. The summed E-state index contributed by atoms with van der Waals surface area (Å²) in [5.74, 6) is 0.550. The van der Waals surface area contributed by atoms with Crippen molar-refractivity contribution in [1.29, 1.82) is 0 Å². The van der Waals surface area contributed by atoms with Gasteiger partial charge in [0.05, 0.1) is 37.6 Å². The van der Waals surface area contributed by atoms with Crippen LogP contribution < -0.4 is 0 Å². The minimum atomic E-state index is -0.337. The molecule has 2 aliphatic rings. The highest BCUT2D eigenvalue weighted by atomic mass is 16.6. The van der Waals surface area contributed by atoms with E-state index in [-0.39, 0.29) is 42.2 Å². The Labute approximate surface area is 103 Å². The molecule has 2 N–H and O–H groups in total. The minimum absolute atomic E-state index is 0.152. The molecular weight excluding hydrogens is 220 g/mol. The van der Waals surface area contributed by atoms with Crippen LogP contribution in [0.1, 0.15) is 27.2 Å². The van der Waals surface area contributed by atoms with Crippen molar-refractivity contribution in [3.05, 3.63) is 0 Å². The number of rotatable bonds is 4. The smallest absolute Gasteiger partial charge is 0.0891 e. The van der Waals surface area contributed by atoms with Gasteiger partial charge in [0.2, 0.25) is 0 Å². The second-order valence-corrected chi connectivity index (χ2v) is 5.74. The Balaban J connectivity index is 1.79. The average molecular weight is 244 g/mol. The van der Waals surface area contributed by atoms with Crippen LogP contribution in [0.5, 0.6) is 0 Å². The number of ether oxygens (including phenoxy) is 2. The maximum Gasteiger partial charge on any atom is 0.0891 e. The molecule has 17 heavy (non-hydrogen) atoms. The van der Waals surface area contributed by atoms with Gasteiger partial charge in [-0.1, -0.05) is 13.8 Å². The van der Waals surface area contributed by atoms with Crippen molar-refractivity contribution >= 4 is 0 Å². The zero-order valence-electron chi connectivity index (χ0n) is 10.9. The maximum absolute atomic E-state index is 10.1. The lowest BCUT2D eigenvalue weighted by Gasteiger charge is -2.32. The van der Waals surface area contributed by atoms with E-state index in [0.29, 0.717) is 13.2 Å². The normalized spacial score (nSPS) is 45.4. The molecule has 2 saturated heterocycles. The van der Waals surface area contributed by atoms with Crippen LogP contribution in [0.4, 0.5) is 0 Å². The fraction of sp³-hybridized carbons (Fsp3) is 1.00. The number of hydrogen-bond acceptors (Lipinski definition) is 4. The quantitative estimate of drug-likeness (QED) is 0.718. The average Bonchev–Trinajstić information content (AvgIpc) is 3.03. The molecule has 2 aliphatic heterocycles. The summed E-state index contributed by atoms with van der Waals surface area (Å²) in [5, 5.41) is 19.6. The molecular formula is C13H24O4. The lowest BCUT2D eigenvalue weighted by molar-refractivity contribution is -0.0774. The summed E-state index contributed by atoms with van der Waals surface area (Å²) in [6, 6.07) is 0. The Morgan fingerprint density at radius 3 is 2.65 bits per heavy atom. The molecule has 2 fully saturated rings. The van der Waals surface area contributed by atoms with Crippen molar-refractivity contribution in [3.63, 3.8) is 0 Å². The number of aliphatic hydroxyl groups excluding tert-OH is 2. The van der Waals surface area contributed by atoms with Crippen LogP contribution in [0.3, 0.4) is 0 Å². The lowest BCUT2D eigenvalue weighted by Crippen LogP contribution is -2.39. The van der Waals surface area contributed by atoms with Crippen LogP contribution >= 0.6 is 0 Å². The third-order valence-corrected chi connectivity index (χ3v) is 4.21. The Morgan fingerprint density at radius 1 is 1.29 bits per heavy atom. The minimum Gasteiger partial charge on any atom is -0.393 e. The van der Waals surface area contributed by atoms with Crippen LogP contribution in [0.25, 0.3) is 0 Å². The molecule has 4 heteroatoms. The molecule has 2 heterocycles. The van der Waals surface area contributed by atoms with Crippen molar-refractivity contribution in [2.24, 2.45) is 17.8 Å². The molecule has 0 aliphatic carbocycles. The van der Waals surface area contributed by atoms with Gasteiger partial charge in [-0.3, -0.25) is 0 Å². The number of epoxide rings is 1. The fourth-order valence-electron chi connectivity index (χ4n) is 2.66. The van der Waals surface area contributed by atoms with Gasteiger partial charge in [-0.05, 0) is 13.3 Å². The Morgan fingerprint density at radius 2 is 2.00 bits per heavy atom. The van der Waals surface area contributed by atoms with E-state index in [4.69, 9.17) is 9.47 Å². The van der Waals surface area contributed by atoms with Crippen molar-refractivity contribution in [2.75, 3.05) is 13.2 Å². The SMILES string of the molecule is CC1COC[C@H](C[C@@H]2OC2[C@@H](C)[C@H](C)O)C1O. The molecule has 0 aromatic carbocycles. The number of aliphatic hydroxyl groups is 2. The van der Waals surface area contributed by atoms with Crippen LogP contribution in [0.2, 0.25) is 0 Å². The van der Waals surface area contributed by atoms with E-state index in [0.717, 1.165) is 6.42 Å². The first-order chi connectivity index (χ1) is 8.00. The summed E-state index contributed by atoms with van der Waals surface area (Å²) in [6.45, 7) is 7.09. The molecule has 100 valence electrons. The third kappa shape index (κ3) is 2.99. The van der Waals surface area contributed by atoms with Crippen molar-refractivity contribution in [3.8, 4) is 0 Å². The molecule has 7 atom stereocenters. The van der Waals surface area contributed by atoms with E-state index in [1.807, 2.05) is 13.8 Å². The fourth-order valence-corrected chi connectivity index (χ4v) is 2.66. The summed E-state index contributed by atoms with van der Waals surface area (Å²) < 4.78 is 11.1. The first-order valence-electron chi connectivity index (χ1n) is 6.60. The molecule has 0 amide bonds. The van der Waals surface area contributed by atoms with Crippen molar-refractivity contribution in [2.45, 2.75) is 51.6 Å². The molecule has 0 aromatic rings. The lowest BCUT2D eigenvalue weighted by atomic mass is 9.86. The first kappa shape index (κ1) is 13.3. The largest absolute Gasteiger partial charge is 0.393 e. The summed E-state index contributed by atoms with van der Waals surface area (Å²) >= 11 is 0. The predicted molar refractivity (Wildman–Crippen MR) is 63.6 cm³/mol. The molecule has 0 saturated carbocycles. The molecule has 0 bridgehead atoms. The van der Waals surface area contributed by atoms with Gasteiger partial charge in [0, 0.05) is 17.8 Å². The van der Waals surface area contributed by atoms with E-state index >= 15 is 0 Å². The third-order valence-electron chi connectivity index (χ3n) is 4.21. The highest BCUT2D eigenvalue weighted by Crippen LogP contribution is 2.37. The first-order valence-corrected chi connectivity index (χ1v) is 6.60. The van der Waals surface area contributed by atoms with E-state index in [1.54, 1.807) is 6.92 Å². The highest BCUT2D eigenvalue weighted by molar-refractivity contribution is 4.94. The zero-order chi connectivity index (χ0) is 12.6. The topological polar surface area (TPSA) is 62.2 Å². The molecule has 4 nitrogen and oxygen atoms in total. The van der Waals surface area contributed by atoms with Gasteiger partial charge in [-0.15, -0.1) is 0 Å². The monoisotopic (exact) mass is 244 g/mol. The van der Waals surface area contributed by atoms with Gasteiger partial charge >= 0.3 is 0 Å². The molecule has 2 rings (SSSR count). The Kier molecular flexibility index (Phi) is 4.08. The Hall–Kier alpha value is -0.160. The predicted octanol–water partition coefficient (Wildman–Crippen LogP) is 0.804. The van der Waals surface area contributed by atoms with Crippen LogP contribution in [-0.2, 0) is 9.47 Å². The second kappa shape index (κ2) is 5.22. The van der Waals surface area contributed by atoms with E-state index in [9.17, 15) is 10.2 Å². The van der Waals surface area contributed by atoms with Crippen molar-refractivity contribution in [1.82, 2.24) is 0 Å². The van der Waals surface area contributed by atoms with Gasteiger partial charge in [-0.2, -0.15) is 0 Å². The van der Waals surface area contributed by atoms with E-state index < -0.39 is 0 Å². The van der Waals surface area contributed by atoms with Crippen LogP contribution in [-0.4, -0.2) is 47.8 Å². The van der Waals surface area contributed by atoms with Gasteiger partial charge in [0.1, 0.15) is 0 Å². The summed E-state index contributed by atoms with van der Waals surface area (Å²) in [7, 11) is 0. The second-order valence-electron chi connectivity index (χ2n) is 5.74. The molecule has 0 aromatic heterocycles. The van der Waals surface area contributed by atoms with Gasteiger partial charge in [0.25, 0.3) is 0 Å². The highest BCUT2D eigenvalue weighted by Gasteiger charge is 2.46. The Bertz CT molecular complexity index is 256. The summed E-state index contributed by atoms with van der Waals surface area (Å²) in [5.41, 5.74) is 0. The van der Waals surface area contributed by atoms with Gasteiger partial charge in [-0.25, -0.2) is 0 Å². The van der Waals surface area contributed by atoms with E-state index in [1.165, 1.54) is 0 Å². The molecule has 0 radical (unpaired) electrons. The standard InChI is InChI=1S/C13H24O4/c1-7-5-16-6-10(12(7)15)4-11-13(17-11)8(2)9(3)14/h7-15H,4-6H2,1-3H3/t7?,8-,9-,10-,11-,12?,13?/m0/s1. The summed E-state index contributed by atoms with van der Waals surface area (Å²) in [6.07, 6.45) is 0.562. The van der Waals surface area contributed by atoms with E-state index in [2.05, 4.69) is 0 Å². The van der Waals surface area contributed by atoms with Crippen LogP contribution in [0, 0.1) is 17.8 Å². The van der Waals surface area contributed by atoms with Gasteiger partial charge < -0.3 is 19.7 Å². The molecule has 3 unspecified atom stereocenters. The zero-order valence-corrected chi connectivity index (χ0v) is 10.9. The maximum atomic E-state index is 10.1. The summed E-state index contributed by atoms with van der Waals surface area (Å²) in [4.78, 5) is 0. The van der Waals surface area contributed by atoms with Crippen LogP contribution in [0.15, 0.2) is 0 Å². The van der Waals surface area contributed by atoms with Gasteiger partial charge in [0.15, 0.2) is 0 Å².